The summed E-state index contributed by atoms with van der Waals surface area (Å²) in [6.45, 7) is 1.54. The summed E-state index contributed by atoms with van der Waals surface area (Å²) in [6.07, 6.45) is 2.85. The Balaban J connectivity index is 2.14. The van der Waals surface area contributed by atoms with Crippen LogP contribution in [0.4, 0.5) is 11.6 Å². The van der Waals surface area contributed by atoms with Crippen LogP contribution in [0, 0.1) is 0 Å². The van der Waals surface area contributed by atoms with Crippen LogP contribution >= 0.6 is 11.6 Å². The number of benzene rings is 1. The number of carbonyl (C=O) groups excluding carboxylic acids is 1. The smallest absolute Gasteiger partial charge is 0.264 e. The molecule has 0 aliphatic heterocycles. The van der Waals surface area contributed by atoms with Gasteiger partial charge in [-0.25, -0.2) is 23.1 Å². The molecule has 2 aromatic rings. The Morgan fingerprint density at radius 3 is 2.32 bits per heavy atom. The molecular formula is C13H13ClN4O3S. The standard InChI is InChI=1S/C13H13ClN4O3S/c1-9(14)12(19)17-10-3-5-11(6-4-10)22(20,21)18-13-15-7-2-8-16-13/h2-9H,1H3,(H,17,19)(H,15,16,18). The lowest BCUT2D eigenvalue weighted by molar-refractivity contribution is -0.115. The minimum atomic E-state index is -3.79. The number of rotatable bonds is 5. The van der Waals surface area contributed by atoms with Crippen molar-refractivity contribution in [3.8, 4) is 0 Å². The number of alkyl halides is 1. The van der Waals surface area contributed by atoms with E-state index in [1.54, 1.807) is 13.0 Å². The Morgan fingerprint density at radius 1 is 1.18 bits per heavy atom. The Kier molecular flexibility index (Phi) is 4.94. The predicted molar refractivity (Wildman–Crippen MR) is 83.2 cm³/mol. The van der Waals surface area contributed by atoms with Gasteiger partial charge < -0.3 is 5.32 Å². The van der Waals surface area contributed by atoms with Crippen LogP contribution in [0.25, 0.3) is 0 Å². The molecule has 0 saturated heterocycles. The van der Waals surface area contributed by atoms with Gasteiger partial charge in [-0.1, -0.05) is 0 Å². The number of halogens is 1. The van der Waals surface area contributed by atoms with Crippen LogP contribution in [0.1, 0.15) is 6.92 Å². The van der Waals surface area contributed by atoms with E-state index in [4.69, 9.17) is 11.6 Å². The van der Waals surface area contributed by atoms with Gasteiger partial charge in [-0.3, -0.25) is 4.79 Å². The maximum atomic E-state index is 12.1. The molecule has 0 aliphatic carbocycles. The average Bonchev–Trinajstić information content (AvgIpc) is 2.48. The van der Waals surface area contributed by atoms with Gasteiger partial charge in [-0.2, -0.15) is 0 Å². The fraction of sp³-hybridized carbons (Fsp3) is 0.154. The first-order valence-electron chi connectivity index (χ1n) is 6.23. The first-order chi connectivity index (χ1) is 10.4. The molecule has 1 heterocycles. The second-order valence-electron chi connectivity index (χ2n) is 4.31. The molecule has 0 radical (unpaired) electrons. The summed E-state index contributed by atoms with van der Waals surface area (Å²) in [4.78, 5) is 19.1. The number of carbonyl (C=O) groups is 1. The quantitative estimate of drug-likeness (QED) is 0.809. The highest BCUT2D eigenvalue weighted by Gasteiger charge is 2.16. The van der Waals surface area contributed by atoms with E-state index in [2.05, 4.69) is 20.0 Å². The van der Waals surface area contributed by atoms with Crippen LogP contribution in [0.2, 0.25) is 0 Å². The van der Waals surface area contributed by atoms with Crippen LogP contribution in [-0.2, 0) is 14.8 Å². The third-order valence-electron chi connectivity index (χ3n) is 2.58. The summed E-state index contributed by atoms with van der Waals surface area (Å²) in [5, 5.41) is 1.88. The van der Waals surface area contributed by atoms with Crippen LogP contribution in [0.5, 0.6) is 0 Å². The van der Waals surface area contributed by atoms with Crippen LogP contribution in [-0.4, -0.2) is 29.7 Å². The molecule has 0 bridgehead atoms. The summed E-state index contributed by atoms with van der Waals surface area (Å²) >= 11 is 5.64. The van der Waals surface area contributed by atoms with Gasteiger partial charge >= 0.3 is 0 Å². The van der Waals surface area contributed by atoms with Gasteiger partial charge in [-0.15, -0.1) is 11.6 Å². The number of anilines is 2. The van der Waals surface area contributed by atoms with Crippen LogP contribution in [0.3, 0.4) is 0 Å². The van der Waals surface area contributed by atoms with E-state index in [-0.39, 0.29) is 16.8 Å². The second kappa shape index (κ2) is 6.71. The maximum absolute atomic E-state index is 12.1. The minimum absolute atomic E-state index is 0.0177. The Labute approximate surface area is 132 Å². The molecule has 116 valence electrons. The molecule has 2 rings (SSSR count). The first kappa shape index (κ1) is 16.2. The molecule has 0 fully saturated rings. The number of sulfonamides is 1. The van der Waals surface area contributed by atoms with Crippen molar-refractivity contribution in [1.29, 1.82) is 0 Å². The molecule has 1 unspecified atom stereocenters. The molecule has 22 heavy (non-hydrogen) atoms. The molecule has 0 aliphatic rings. The molecule has 2 N–H and O–H groups in total. The number of nitrogens with zero attached hydrogens (tertiary/aromatic N) is 2. The maximum Gasteiger partial charge on any atom is 0.264 e. The number of amides is 1. The topological polar surface area (TPSA) is 101 Å². The molecule has 7 nitrogen and oxygen atoms in total. The van der Waals surface area contributed by atoms with Gasteiger partial charge in [0.1, 0.15) is 5.38 Å². The van der Waals surface area contributed by atoms with Crippen molar-refractivity contribution in [2.45, 2.75) is 17.2 Å². The summed E-state index contributed by atoms with van der Waals surface area (Å²) in [6, 6.07) is 7.24. The zero-order chi connectivity index (χ0) is 16.2. The van der Waals surface area contributed by atoms with Gasteiger partial charge in [-0.05, 0) is 37.3 Å². The molecule has 9 heteroatoms. The highest BCUT2D eigenvalue weighted by Crippen LogP contribution is 2.16. The molecule has 1 atom stereocenters. The van der Waals surface area contributed by atoms with E-state index in [9.17, 15) is 13.2 Å². The minimum Gasteiger partial charge on any atom is -0.325 e. The van der Waals surface area contributed by atoms with Crippen molar-refractivity contribution in [2.75, 3.05) is 10.0 Å². The van der Waals surface area contributed by atoms with E-state index >= 15 is 0 Å². The molecule has 0 saturated carbocycles. The van der Waals surface area contributed by atoms with Crippen molar-refractivity contribution < 1.29 is 13.2 Å². The van der Waals surface area contributed by atoms with Gasteiger partial charge in [0.25, 0.3) is 10.0 Å². The van der Waals surface area contributed by atoms with Crippen molar-refractivity contribution in [1.82, 2.24) is 9.97 Å². The largest absolute Gasteiger partial charge is 0.325 e. The number of hydrogen-bond acceptors (Lipinski definition) is 5. The molecular weight excluding hydrogens is 328 g/mol. The molecule has 0 spiro atoms. The van der Waals surface area contributed by atoms with Crippen molar-refractivity contribution in [3.63, 3.8) is 0 Å². The lowest BCUT2D eigenvalue weighted by Gasteiger charge is -2.09. The SMILES string of the molecule is CC(Cl)C(=O)Nc1ccc(S(=O)(=O)Nc2ncccn2)cc1. The van der Waals surface area contributed by atoms with Crippen molar-refractivity contribution >= 4 is 39.2 Å². The monoisotopic (exact) mass is 340 g/mol. The summed E-state index contributed by atoms with van der Waals surface area (Å²) in [7, 11) is -3.79. The zero-order valence-corrected chi connectivity index (χ0v) is 13.1. The predicted octanol–water partition coefficient (Wildman–Crippen LogP) is 1.84. The Morgan fingerprint density at radius 2 is 1.77 bits per heavy atom. The highest BCUT2D eigenvalue weighted by atomic mass is 35.5. The van der Waals surface area contributed by atoms with Gasteiger partial charge in [0.15, 0.2) is 0 Å². The molecule has 1 amide bonds. The van der Waals surface area contributed by atoms with Crippen molar-refractivity contribution in [2.24, 2.45) is 0 Å². The summed E-state index contributed by atoms with van der Waals surface area (Å²) in [5.41, 5.74) is 0.451. The van der Waals surface area contributed by atoms with Crippen LogP contribution in [0.15, 0.2) is 47.6 Å². The van der Waals surface area contributed by atoms with E-state index in [1.165, 1.54) is 36.7 Å². The zero-order valence-electron chi connectivity index (χ0n) is 11.5. The van der Waals surface area contributed by atoms with E-state index in [0.717, 1.165) is 0 Å². The lowest BCUT2D eigenvalue weighted by Crippen LogP contribution is -2.20. The number of hydrogen-bond donors (Lipinski definition) is 2. The Bertz CT molecular complexity index is 749. The third-order valence-corrected chi connectivity index (χ3v) is 4.13. The highest BCUT2D eigenvalue weighted by molar-refractivity contribution is 7.92. The third kappa shape index (κ3) is 4.15. The number of aromatic nitrogens is 2. The van der Waals surface area contributed by atoms with E-state index in [0.29, 0.717) is 5.69 Å². The van der Waals surface area contributed by atoms with Gasteiger partial charge in [0, 0.05) is 18.1 Å². The van der Waals surface area contributed by atoms with Gasteiger partial charge in [0.2, 0.25) is 11.9 Å². The molecule has 1 aromatic carbocycles. The van der Waals surface area contributed by atoms with E-state index in [1.807, 2.05) is 0 Å². The second-order valence-corrected chi connectivity index (χ2v) is 6.64. The fourth-order valence-corrected chi connectivity index (χ4v) is 2.50. The van der Waals surface area contributed by atoms with Crippen LogP contribution < -0.4 is 10.0 Å². The van der Waals surface area contributed by atoms with Crippen molar-refractivity contribution in [3.05, 3.63) is 42.7 Å². The molecule has 1 aromatic heterocycles. The normalized spacial score (nSPS) is 12.5. The van der Waals surface area contributed by atoms with Gasteiger partial charge in [0.05, 0.1) is 4.90 Å². The summed E-state index contributed by atoms with van der Waals surface area (Å²) in [5.74, 6) is -0.385. The lowest BCUT2D eigenvalue weighted by atomic mass is 10.3. The summed E-state index contributed by atoms with van der Waals surface area (Å²) < 4.78 is 26.5. The van der Waals surface area contributed by atoms with E-state index < -0.39 is 15.4 Å². The average molecular weight is 341 g/mol. The fourth-order valence-electron chi connectivity index (χ4n) is 1.49. The Hall–Kier alpha value is -2.19. The first-order valence-corrected chi connectivity index (χ1v) is 8.15. The number of nitrogens with one attached hydrogen (secondary N) is 2.